The average molecular weight is 383 g/mol. The normalized spacial score (nSPS) is 13.1. The van der Waals surface area contributed by atoms with Gasteiger partial charge in [0.05, 0.1) is 5.69 Å². The van der Waals surface area contributed by atoms with Crippen molar-refractivity contribution >= 4 is 17.5 Å². The molecule has 6 heteroatoms. The van der Waals surface area contributed by atoms with Gasteiger partial charge in [-0.3, -0.25) is 9.59 Å². The number of benzene rings is 1. The van der Waals surface area contributed by atoms with E-state index in [1.165, 1.54) is 0 Å². The number of nitrogens with one attached hydrogen (secondary N) is 2. The first kappa shape index (κ1) is 20.1. The monoisotopic (exact) mass is 382 g/mol. The molecule has 0 saturated heterocycles. The fraction of sp³-hybridized carbons (Fsp3) is 0.500. The van der Waals surface area contributed by atoms with Gasteiger partial charge in [-0.05, 0) is 56.7 Å². The summed E-state index contributed by atoms with van der Waals surface area (Å²) >= 11 is 0. The molecule has 28 heavy (non-hydrogen) atoms. The highest BCUT2D eigenvalue weighted by Crippen LogP contribution is 2.23. The van der Waals surface area contributed by atoms with Crippen LogP contribution in [0.3, 0.4) is 0 Å². The Morgan fingerprint density at radius 3 is 2.75 bits per heavy atom. The molecule has 3 rings (SSSR count). The van der Waals surface area contributed by atoms with Crippen molar-refractivity contribution in [2.75, 3.05) is 11.9 Å². The molecule has 0 aliphatic carbocycles. The molecule has 1 aromatic heterocycles. The number of fused-ring (bicyclic) bond motifs is 1. The predicted octanol–water partition coefficient (Wildman–Crippen LogP) is 4.01. The minimum absolute atomic E-state index is 0.174. The van der Waals surface area contributed by atoms with Crippen LogP contribution in [-0.4, -0.2) is 27.9 Å². The molecule has 0 unspecified atom stereocenters. The Kier molecular flexibility index (Phi) is 6.49. The zero-order chi connectivity index (χ0) is 20.1. The van der Waals surface area contributed by atoms with E-state index < -0.39 is 0 Å². The number of nitrogens with zero attached hydrogens (tertiary/aromatic N) is 2. The van der Waals surface area contributed by atoms with Crippen LogP contribution in [0.1, 0.15) is 77.0 Å². The van der Waals surface area contributed by atoms with Gasteiger partial charge < -0.3 is 15.2 Å². The van der Waals surface area contributed by atoms with Crippen molar-refractivity contribution in [3.8, 4) is 0 Å². The van der Waals surface area contributed by atoms with E-state index in [-0.39, 0.29) is 11.8 Å². The SMILES string of the molecule is CCCCCNC(=O)c1nc(C(=O)Nc2cccc(C)c2C)n2c1CCCC2. The summed E-state index contributed by atoms with van der Waals surface area (Å²) in [5.41, 5.74) is 4.22. The van der Waals surface area contributed by atoms with Crippen molar-refractivity contribution < 1.29 is 9.59 Å². The molecule has 2 amide bonds. The minimum atomic E-state index is -0.262. The van der Waals surface area contributed by atoms with Gasteiger partial charge in [0, 0.05) is 18.8 Å². The second-order valence-corrected chi connectivity index (χ2v) is 7.50. The lowest BCUT2D eigenvalue weighted by Crippen LogP contribution is -2.26. The van der Waals surface area contributed by atoms with Crippen molar-refractivity contribution in [2.24, 2.45) is 0 Å². The summed E-state index contributed by atoms with van der Waals surface area (Å²) in [4.78, 5) is 30.1. The van der Waals surface area contributed by atoms with E-state index in [1.807, 2.05) is 36.6 Å². The second-order valence-electron chi connectivity index (χ2n) is 7.50. The third kappa shape index (κ3) is 4.26. The molecule has 6 nitrogen and oxygen atoms in total. The standard InChI is InChI=1S/C22H30N4O2/c1-4-5-7-13-23-21(27)19-18-12-6-8-14-26(18)20(25-19)22(28)24-17-11-9-10-15(2)16(17)3/h9-11H,4-8,12-14H2,1-3H3,(H,23,27)(H,24,28). The van der Waals surface area contributed by atoms with Crippen LogP contribution in [0.25, 0.3) is 0 Å². The summed E-state index contributed by atoms with van der Waals surface area (Å²) in [6, 6.07) is 5.83. The van der Waals surface area contributed by atoms with Crippen molar-refractivity contribution in [3.63, 3.8) is 0 Å². The van der Waals surface area contributed by atoms with E-state index in [4.69, 9.17) is 0 Å². The number of anilines is 1. The van der Waals surface area contributed by atoms with E-state index in [1.54, 1.807) is 0 Å². The molecule has 0 radical (unpaired) electrons. The molecule has 2 heterocycles. The van der Waals surface area contributed by atoms with Crippen LogP contribution >= 0.6 is 0 Å². The van der Waals surface area contributed by atoms with Gasteiger partial charge in [-0.1, -0.05) is 31.9 Å². The maximum Gasteiger partial charge on any atom is 0.291 e. The fourth-order valence-electron chi connectivity index (χ4n) is 3.62. The molecule has 1 aromatic carbocycles. The third-order valence-corrected chi connectivity index (χ3v) is 5.45. The Morgan fingerprint density at radius 1 is 1.14 bits per heavy atom. The maximum absolute atomic E-state index is 13.0. The van der Waals surface area contributed by atoms with Crippen LogP contribution in [0.4, 0.5) is 5.69 Å². The average Bonchev–Trinajstić information content (AvgIpc) is 3.08. The van der Waals surface area contributed by atoms with E-state index in [9.17, 15) is 9.59 Å². The van der Waals surface area contributed by atoms with Crippen LogP contribution in [0.15, 0.2) is 18.2 Å². The molecule has 2 aromatic rings. The predicted molar refractivity (Wildman–Crippen MR) is 111 cm³/mol. The van der Waals surface area contributed by atoms with Gasteiger partial charge >= 0.3 is 0 Å². The number of aryl methyl sites for hydroxylation is 1. The van der Waals surface area contributed by atoms with Crippen LogP contribution in [0.5, 0.6) is 0 Å². The molecule has 0 atom stereocenters. The number of carbonyl (C=O) groups excluding carboxylic acids is 2. The fourth-order valence-corrected chi connectivity index (χ4v) is 3.62. The molecule has 0 spiro atoms. The molecular weight excluding hydrogens is 352 g/mol. The van der Waals surface area contributed by atoms with Crippen LogP contribution in [0, 0.1) is 13.8 Å². The number of carbonyl (C=O) groups is 2. The Bertz CT molecular complexity index is 870. The smallest absolute Gasteiger partial charge is 0.291 e. The first-order chi connectivity index (χ1) is 13.5. The van der Waals surface area contributed by atoms with Crippen molar-refractivity contribution in [1.82, 2.24) is 14.9 Å². The highest BCUT2D eigenvalue weighted by Gasteiger charge is 2.27. The summed E-state index contributed by atoms with van der Waals surface area (Å²) in [5.74, 6) is -0.108. The molecule has 0 bridgehead atoms. The summed E-state index contributed by atoms with van der Waals surface area (Å²) in [6.45, 7) is 7.50. The lowest BCUT2D eigenvalue weighted by molar-refractivity contribution is 0.0947. The maximum atomic E-state index is 13.0. The number of hydrogen-bond donors (Lipinski definition) is 2. The van der Waals surface area contributed by atoms with Gasteiger partial charge in [-0.15, -0.1) is 0 Å². The Labute approximate surface area is 166 Å². The summed E-state index contributed by atoms with van der Waals surface area (Å²) in [5, 5.41) is 5.93. The number of rotatable bonds is 7. The van der Waals surface area contributed by atoms with E-state index in [0.29, 0.717) is 18.1 Å². The molecule has 1 aliphatic rings. The Morgan fingerprint density at radius 2 is 1.96 bits per heavy atom. The van der Waals surface area contributed by atoms with E-state index >= 15 is 0 Å². The van der Waals surface area contributed by atoms with Crippen molar-refractivity contribution in [1.29, 1.82) is 0 Å². The van der Waals surface area contributed by atoms with Crippen molar-refractivity contribution in [2.45, 2.75) is 65.8 Å². The lowest BCUT2D eigenvalue weighted by atomic mass is 10.1. The summed E-state index contributed by atoms with van der Waals surface area (Å²) < 4.78 is 1.92. The molecule has 0 fully saturated rings. The number of aromatic nitrogens is 2. The molecule has 2 N–H and O–H groups in total. The molecule has 150 valence electrons. The zero-order valence-electron chi connectivity index (χ0n) is 17.1. The zero-order valence-corrected chi connectivity index (χ0v) is 17.1. The highest BCUT2D eigenvalue weighted by atomic mass is 16.2. The molecular formula is C22H30N4O2. The van der Waals surface area contributed by atoms with Crippen LogP contribution in [-0.2, 0) is 13.0 Å². The van der Waals surface area contributed by atoms with Gasteiger partial charge in [-0.2, -0.15) is 0 Å². The van der Waals surface area contributed by atoms with Crippen LogP contribution in [0.2, 0.25) is 0 Å². The highest BCUT2D eigenvalue weighted by molar-refractivity contribution is 6.04. The molecule has 0 saturated carbocycles. The summed E-state index contributed by atoms with van der Waals surface area (Å²) in [7, 11) is 0. The van der Waals surface area contributed by atoms with Crippen LogP contribution < -0.4 is 10.6 Å². The quantitative estimate of drug-likeness (QED) is 0.711. The van der Waals surface area contributed by atoms with E-state index in [2.05, 4.69) is 22.5 Å². The lowest BCUT2D eigenvalue weighted by Gasteiger charge is -2.17. The van der Waals surface area contributed by atoms with E-state index in [0.717, 1.165) is 67.6 Å². The number of amides is 2. The van der Waals surface area contributed by atoms with Gasteiger partial charge in [0.25, 0.3) is 11.8 Å². The van der Waals surface area contributed by atoms with Gasteiger partial charge in [0.1, 0.15) is 5.69 Å². The number of imidazole rings is 1. The summed E-state index contributed by atoms with van der Waals surface area (Å²) in [6.07, 6.45) is 5.94. The topological polar surface area (TPSA) is 76.0 Å². The van der Waals surface area contributed by atoms with Crippen molar-refractivity contribution in [3.05, 3.63) is 46.5 Å². The van der Waals surface area contributed by atoms with Gasteiger partial charge in [0.15, 0.2) is 5.82 Å². The Hall–Kier alpha value is -2.63. The number of unbranched alkanes of at least 4 members (excludes halogenated alkanes) is 2. The minimum Gasteiger partial charge on any atom is -0.351 e. The first-order valence-corrected chi connectivity index (χ1v) is 10.3. The Balaban J connectivity index is 1.83. The second kappa shape index (κ2) is 9.04. The first-order valence-electron chi connectivity index (χ1n) is 10.3. The molecule has 1 aliphatic heterocycles. The van der Waals surface area contributed by atoms with Gasteiger partial charge in [-0.25, -0.2) is 4.98 Å². The largest absolute Gasteiger partial charge is 0.351 e. The van der Waals surface area contributed by atoms with Gasteiger partial charge in [0.2, 0.25) is 0 Å². The third-order valence-electron chi connectivity index (χ3n) is 5.45. The number of hydrogen-bond acceptors (Lipinski definition) is 3.